The molecule has 0 saturated carbocycles. The van der Waals surface area contributed by atoms with E-state index in [9.17, 15) is 32.2 Å². The van der Waals surface area contributed by atoms with E-state index in [0.717, 1.165) is 81.2 Å². The number of alkyl halides is 3. The summed E-state index contributed by atoms with van der Waals surface area (Å²) in [7, 11) is 0.451. The van der Waals surface area contributed by atoms with Crippen molar-refractivity contribution in [3.63, 3.8) is 0 Å². The summed E-state index contributed by atoms with van der Waals surface area (Å²) in [6.45, 7) is 6.06. The second kappa shape index (κ2) is 16.4. The van der Waals surface area contributed by atoms with Gasteiger partial charge in [-0.25, -0.2) is 18.3 Å². The number of amides is 3. The largest absolute Gasteiger partial charge is 0.427 e. The molecule has 1 unspecified atom stereocenters. The van der Waals surface area contributed by atoms with Crippen LogP contribution in [0.5, 0.6) is 0 Å². The highest BCUT2D eigenvalue weighted by Crippen LogP contribution is 2.37. The fourth-order valence-corrected chi connectivity index (χ4v) is 10.6. The lowest BCUT2D eigenvalue weighted by Gasteiger charge is -2.39. The standard InChI is InChI=1S/C39H45F3N10O3S2/c1-48-33-20-27(3-5-31(33)36(47-48)52-19-12-35(53)46-38(52)54)26-8-13-49(14-9-26)24-25-6-15-50(16-7-25)32-21-30(4-2-28(32)22-43)57(55)51-17-10-29(11-18-51)45-37-44-23-34(56-37)39(40,41)42/h2-5,20-21,23,25-26,29H,6-19,24H2,1H3,(H,44,45)(H,46,53,54). The number of halogens is 3. The van der Waals surface area contributed by atoms with Crippen LogP contribution in [0.3, 0.4) is 0 Å². The Labute approximate surface area is 335 Å². The zero-order valence-electron chi connectivity index (χ0n) is 31.6. The molecule has 302 valence electrons. The number of hydrogen-bond donors (Lipinski definition) is 2. The molecule has 4 saturated heterocycles. The predicted octanol–water partition coefficient (Wildman–Crippen LogP) is 6.06. The van der Waals surface area contributed by atoms with Crippen LogP contribution in [0.4, 0.5) is 34.6 Å². The number of aromatic nitrogens is 3. The average Bonchev–Trinajstić information content (AvgIpc) is 3.82. The van der Waals surface area contributed by atoms with E-state index in [1.807, 2.05) is 22.1 Å². The molecular formula is C39H45F3N10O3S2. The van der Waals surface area contributed by atoms with Crippen molar-refractivity contribution in [2.24, 2.45) is 13.0 Å². The van der Waals surface area contributed by atoms with Crippen molar-refractivity contribution in [3.8, 4) is 6.07 Å². The van der Waals surface area contributed by atoms with Gasteiger partial charge in [0.15, 0.2) is 10.9 Å². The lowest BCUT2D eigenvalue weighted by Crippen LogP contribution is -2.49. The van der Waals surface area contributed by atoms with Crippen molar-refractivity contribution < 1.29 is 27.0 Å². The average molecular weight is 823 g/mol. The highest BCUT2D eigenvalue weighted by Gasteiger charge is 2.34. The Bertz CT molecular complexity index is 2200. The van der Waals surface area contributed by atoms with Gasteiger partial charge in [0.2, 0.25) is 5.91 Å². The molecule has 2 N–H and O–H groups in total. The minimum absolute atomic E-state index is 0.0562. The molecule has 3 amide bonds. The monoisotopic (exact) mass is 822 g/mol. The highest BCUT2D eigenvalue weighted by atomic mass is 32.2. The number of carbonyl (C=O) groups is 2. The summed E-state index contributed by atoms with van der Waals surface area (Å²) < 4.78 is 56.4. The number of imide groups is 1. The van der Waals surface area contributed by atoms with Gasteiger partial charge < -0.3 is 15.1 Å². The molecule has 8 rings (SSSR count). The van der Waals surface area contributed by atoms with Crippen LogP contribution in [-0.2, 0) is 29.0 Å². The van der Waals surface area contributed by atoms with E-state index < -0.39 is 28.1 Å². The third kappa shape index (κ3) is 8.52. The highest BCUT2D eigenvalue weighted by molar-refractivity contribution is 7.82. The van der Waals surface area contributed by atoms with Gasteiger partial charge in [-0.05, 0) is 99.3 Å². The number of likely N-dealkylation sites (tertiary alicyclic amines) is 1. The molecule has 6 heterocycles. The van der Waals surface area contributed by atoms with Gasteiger partial charge in [0.1, 0.15) is 21.9 Å². The number of nitrogens with zero attached hydrogens (tertiary/aromatic N) is 8. The lowest BCUT2D eigenvalue weighted by molar-refractivity contribution is -0.134. The Hall–Kier alpha value is -4.57. The summed E-state index contributed by atoms with van der Waals surface area (Å²) in [4.78, 5) is 34.3. The Morgan fingerprint density at radius 2 is 1.74 bits per heavy atom. The van der Waals surface area contributed by atoms with Gasteiger partial charge in [0.25, 0.3) is 0 Å². The minimum atomic E-state index is -4.41. The Morgan fingerprint density at radius 1 is 0.982 bits per heavy atom. The molecular weight excluding hydrogens is 778 g/mol. The van der Waals surface area contributed by atoms with E-state index in [-0.39, 0.29) is 23.5 Å². The van der Waals surface area contributed by atoms with E-state index in [1.54, 1.807) is 12.1 Å². The first-order valence-corrected chi connectivity index (χ1v) is 21.4. The minimum Gasteiger partial charge on any atom is -0.370 e. The number of thiazole rings is 1. The molecule has 0 radical (unpaired) electrons. The second-order valence-electron chi connectivity index (χ2n) is 15.4. The molecule has 13 nitrogen and oxygen atoms in total. The summed E-state index contributed by atoms with van der Waals surface area (Å²) in [6.07, 6.45) is 2.06. The number of hydrogen-bond acceptors (Lipinski definition) is 10. The molecule has 4 aromatic rings. The molecule has 0 bridgehead atoms. The summed E-state index contributed by atoms with van der Waals surface area (Å²) in [5.74, 6) is 1.29. The van der Waals surface area contributed by atoms with Crippen LogP contribution in [0, 0.1) is 17.2 Å². The normalized spacial score (nSPS) is 20.5. The first kappa shape index (κ1) is 39.3. The number of fused-ring (bicyclic) bond motifs is 1. The van der Waals surface area contributed by atoms with E-state index in [1.165, 1.54) is 10.5 Å². The molecule has 18 heteroatoms. The number of rotatable bonds is 9. The summed E-state index contributed by atoms with van der Waals surface area (Å²) in [5.41, 5.74) is 3.62. The Morgan fingerprint density at radius 3 is 2.42 bits per heavy atom. The third-order valence-electron chi connectivity index (χ3n) is 11.8. The van der Waals surface area contributed by atoms with E-state index in [2.05, 4.69) is 54.8 Å². The maximum absolute atomic E-state index is 13.7. The fraction of sp³-hybridized carbons (Fsp3) is 0.513. The van der Waals surface area contributed by atoms with E-state index >= 15 is 0 Å². The number of anilines is 3. The molecule has 4 aliphatic heterocycles. The Balaban J connectivity index is 0.816. The molecule has 2 aromatic carbocycles. The topological polar surface area (TPSA) is 143 Å². The van der Waals surface area contributed by atoms with Crippen molar-refractivity contribution in [1.29, 1.82) is 5.26 Å². The van der Waals surface area contributed by atoms with Crippen LogP contribution >= 0.6 is 11.3 Å². The van der Waals surface area contributed by atoms with Crippen molar-refractivity contribution in [1.82, 2.24) is 29.3 Å². The van der Waals surface area contributed by atoms with Crippen LogP contribution in [0.2, 0.25) is 0 Å². The van der Waals surface area contributed by atoms with Gasteiger partial charge in [-0.15, -0.1) is 0 Å². The lowest BCUT2D eigenvalue weighted by atomic mass is 9.88. The van der Waals surface area contributed by atoms with Gasteiger partial charge in [-0.1, -0.05) is 17.4 Å². The molecule has 4 aliphatic rings. The van der Waals surface area contributed by atoms with E-state index in [4.69, 9.17) is 0 Å². The van der Waals surface area contributed by atoms with Crippen LogP contribution < -0.4 is 20.4 Å². The van der Waals surface area contributed by atoms with Crippen LogP contribution in [0.1, 0.15) is 66.9 Å². The molecule has 0 aliphatic carbocycles. The number of nitriles is 1. The molecule has 2 aromatic heterocycles. The quantitative estimate of drug-likeness (QED) is 0.206. The third-order valence-corrected chi connectivity index (χ3v) is 14.3. The second-order valence-corrected chi connectivity index (χ2v) is 17.9. The summed E-state index contributed by atoms with van der Waals surface area (Å²) >= 11 is 0.596. The number of benzene rings is 2. The molecule has 4 fully saturated rings. The predicted molar refractivity (Wildman–Crippen MR) is 212 cm³/mol. The maximum atomic E-state index is 13.7. The number of piperidine rings is 3. The van der Waals surface area contributed by atoms with Crippen LogP contribution in [-0.4, -0.2) is 98.5 Å². The van der Waals surface area contributed by atoms with Crippen LogP contribution in [0.15, 0.2) is 47.5 Å². The van der Waals surface area contributed by atoms with Crippen LogP contribution in [0.25, 0.3) is 10.9 Å². The van der Waals surface area contributed by atoms with Crippen molar-refractivity contribution in [3.05, 3.63) is 58.6 Å². The van der Waals surface area contributed by atoms with Gasteiger partial charge >= 0.3 is 12.2 Å². The van der Waals surface area contributed by atoms with Gasteiger partial charge in [-0.2, -0.15) is 23.5 Å². The smallest absolute Gasteiger partial charge is 0.370 e. The summed E-state index contributed by atoms with van der Waals surface area (Å²) in [5, 5.41) is 21.2. The number of aryl methyl sites for hydroxylation is 1. The van der Waals surface area contributed by atoms with Gasteiger partial charge in [-0.3, -0.25) is 19.7 Å². The number of urea groups is 1. The fourth-order valence-electron chi connectivity index (χ4n) is 8.58. The Kier molecular flexibility index (Phi) is 11.3. The van der Waals surface area contributed by atoms with Gasteiger partial charge in [0, 0.05) is 64.2 Å². The number of nitrogens with one attached hydrogen (secondary N) is 2. The zero-order chi connectivity index (χ0) is 39.8. The molecule has 1 atom stereocenters. The van der Waals surface area contributed by atoms with Crippen molar-refractivity contribution in [2.45, 2.75) is 68.0 Å². The summed E-state index contributed by atoms with van der Waals surface area (Å²) in [6, 6.07) is 13.7. The maximum Gasteiger partial charge on any atom is 0.427 e. The first-order valence-electron chi connectivity index (χ1n) is 19.5. The SMILES string of the molecule is Cn1nc(N2CCC(=O)NC2=O)c2ccc(C3CCN(CC4CCN(c5cc(S(=O)N6CCC(Nc7ncc(C(F)(F)F)s7)CC6)ccc5C#N)CC4)CC3)cc21. The van der Waals surface area contributed by atoms with E-state index in [0.29, 0.717) is 71.9 Å². The van der Waals surface area contributed by atoms with Crippen molar-refractivity contribution >= 4 is 61.8 Å². The number of carbonyl (C=O) groups excluding carboxylic acids is 2. The van der Waals surface area contributed by atoms with Gasteiger partial charge in [0.05, 0.1) is 27.9 Å². The molecule has 57 heavy (non-hydrogen) atoms. The first-order chi connectivity index (χ1) is 27.4. The van der Waals surface area contributed by atoms with Crippen molar-refractivity contribution in [2.75, 3.05) is 67.5 Å². The zero-order valence-corrected chi connectivity index (χ0v) is 33.3. The molecule has 0 spiro atoms.